The zero-order chi connectivity index (χ0) is 18.4. The average Bonchev–Trinajstić information content (AvgIpc) is 3.32. The van der Waals surface area contributed by atoms with E-state index in [4.69, 9.17) is 4.74 Å². The summed E-state index contributed by atoms with van der Waals surface area (Å²) in [7, 11) is 0. The molecule has 1 aliphatic heterocycles. The number of thiophene rings is 1. The molecule has 0 amide bonds. The van der Waals surface area contributed by atoms with Gasteiger partial charge in [-0.1, -0.05) is 54.6 Å². The number of fused-ring (bicyclic) bond motifs is 2. The van der Waals surface area contributed by atoms with Gasteiger partial charge in [0.1, 0.15) is 16.9 Å². The highest BCUT2D eigenvalue weighted by Crippen LogP contribution is 2.60. The van der Waals surface area contributed by atoms with Gasteiger partial charge in [0, 0.05) is 35.1 Å². The van der Waals surface area contributed by atoms with Crippen LogP contribution in [-0.2, 0) is 15.0 Å². The molecule has 0 radical (unpaired) electrons. The van der Waals surface area contributed by atoms with Crippen molar-refractivity contribution in [2.24, 2.45) is 0 Å². The summed E-state index contributed by atoms with van der Waals surface area (Å²) in [5, 5.41) is 2.01. The fourth-order valence-corrected chi connectivity index (χ4v) is 5.74. The number of carbonyl (C=O) groups excluding carboxylic acids is 2. The minimum Gasteiger partial charge on any atom is -0.426 e. The Labute approximate surface area is 161 Å². The predicted molar refractivity (Wildman–Crippen MR) is 104 cm³/mol. The van der Waals surface area contributed by atoms with Gasteiger partial charge in [-0.25, -0.2) is 0 Å². The number of Topliss-reactive ketones (excluding diaryl/α,β-unsaturated/α-hetero) is 1. The van der Waals surface area contributed by atoms with Crippen molar-refractivity contribution < 1.29 is 14.3 Å². The van der Waals surface area contributed by atoms with Gasteiger partial charge in [-0.15, -0.1) is 11.3 Å². The number of esters is 1. The lowest BCUT2D eigenvalue weighted by molar-refractivity contribution is -0.142. The van der Waals surface area contributed by atoms with E-state index in [0.717, 1.165) is 16.0 Å². The zero-order valence-electron chi connectivity index (χ0n) is 14.6. The van der Waals surface area contributed by atoms with Crippen LogP contribution in [0.2, 0.25) is 0 Å². The normalized spacial score (nSPS) is 26.8. The predicted octanol–water partition coefficient (Wildman–Crippen LogP) is 4.84. The molecule has 0 N–H and O–H groups in total. The number of hydrogen-bond donors (Lipinski definition) is 0. The Morgan fingerprint density at radius 1 is 0.852 bits per heavy atom. The van der Waals surface area contributed by atoms with Crippen molar-refractivity contribution in [3.63, 3.8) is 0 Å². The van der Waals surface area contributed by atoms with E-state index in [1.165, 1.54) is 0 Å². The van der Waals surface area contributed by atoms with Crippen LogP contribution in [0.1, 0.15) is 40.7 Å². The molecule has 27 heavy (non-hydrogen) atoms. The highest BCUT2D eigenvalue weighted by Gasteiger charge is 2.62. The van der Waals surface area contributed by atoms with Crippen LogP contribution in [0.15, 0.2) is 72.1 Å². The number of carbonyl (C=O) groups is 2. The maximum Gasteiger partial charge on any atom is 0.323 e. The van der Waals surface area contributed by atoms with Gasteiger partial charge < -0.3 is 4.74 Å². The number of para-hydroxylation sites is 1. The molecule has 1 fully saturated rings. The monoisotopic (exact) mass is 374 g/mol. The number of ketones is 1. The molecule has 1 saturated carbocycles. The van der Waals surface area contributed by atoms with E-state index >= 15 is 0 Å². The topological polar surface area (TPSA) is 43.4 Å². The van der Waals surface area contributed by atoms with Crippen molar-refractivity contribution in [3.8, 4) is 5.75 Å². The van der Waals surface area contributed by atoms with Crippen molar-refractivity contribution in [2.75, 3.05) is 0 Å². The lowest BCUT2D eigenvalue weighted by Crippen LogP contribution is -2.49. The summed E-state index contributed by atoms with van der Waals surface area (Å²) in [5.74, 6) is 0.149. The van der Waals surface area contributed by atoms with Crippen molar-refractivity contribution in [1.29, 1.82) is 0 Å². The summed E-state index contributed by atoms with van der Waals surface area (Å²) in [6, 6.07) is 21.6. The molecule has 5 rings (SSSR count). The van der Waals surface area contributed by atoms with E-state index in [0.29, 0.717) is 18.6 Å². The lowest BCUT2D eigenvalue weighted by Gasteiger charge is -2.44. The quantitative estimate of drug-likeness (QED) is 0.476. The second-order valence-corrected chi connectivity index (χ2v) is 8.21. The Bertz CT molecular complexity index is 1010. The first-order valence-corrected chi connectivity index (χ1v) is 10.0. The smallest absolute Gasteiger partial charge is 0.323 e. The molecule has 1 aromatic heterocycles. The summed E-state index contributed by atoms with van der Waals surface area (Å²) < 4.78 is 5.77. The van der Waals surface area contributed by atoms with Crippen LogP contribution in [0.5, 0.6) is 5.75 Å². The summed E-state index contributed by atoms with van der Waals surface area (Å²) >= 11 is 1.61. The highest BCUT2D eigenvalue weighted by molar-refractivity contribution is 7.10. The van der Waals surface area contributed by atoms with Crippen molar-refractivity contribution in [3.05, 3.63) is 88.1 Å². The molecule has 0 bridgehead atoms. The fourth-order valence-electron chi connectivity index (χ4n) is 4.84. The summed E-state index contributed by atoms with van der Waals surface area (Å²) in [5.41, 5.74) is 1.06. The van der Waals surface area contributed by atoms with E-state index in [1.54, 1.807) is 11.3 Å². The number of benzene rings is 2. The second-order valence-electron chi connectivity index (χ2n) is 7.23. The molecule has 2 heterocycles. The Kier molecular flexibility index (Phi) is 3.76. The first-order valence-electron chi connectivity index (χ1n) is 9.13. The number of rotatable bonds is 2. The molecule has 4 heteroatoms. The van der Waals surface area contributed by atoms with Gasteiger partial charge in [-0.05, 0) is 23.1 Å². The molecule has 3 aromatic rings. The molecular formula is C23H18O3S. The molecule has 1 unspecified atom stereocenters. The largest absolute Gasteiger partial charge is 0.426 e. The van der Waals surface area contributed by atoms with Crippen LogP contribution in [0.4, 0.5) is 0 Å². The maximum atomic E-state index is 13.5. The van der Waals surface area contributed by atoms with Crippen molar-refractivity contribution in [2.45, 2.75) is 30.1 Å². The molecule has 1 aliphatic carbocycles. The highest BCUT2D eigenvalue weighted by atomic mass is 32.1. The van der Waals surface area contributed by atoms with Crippen molar-refractivity contribution >= 4 is 23.1 Å². The Morgan fingerprint density at radius 3 is 2.37 bits per heavy atom. The lowest BCUT2D eigenvalue weighted by atomic mass is 9.55. The SMILES string of the molecule is O=C1C[C@H](c2cccs2)C2(C(=O)Oc3ccccc32)[C@H](c2ccccc2)C1. The standard InChI is InChI=1S/C23H18O3S/c24-16-13-18(15-7-2-1-3-8-15)23(19(14-16)21-11-6-12-27-21)17-9-4-5-10-20(17)26-22(23)25/h1-12,18-19H,13-14H2/t18-,19+,23?/m0/s1. The molecule has 134 valence electrons. The first kappa shape index (κ1) is 16.5. The van der Waals surface area contributed by atoms with Gasteiger partial charge in [-0.3, -0.25) is 9.59 Å². The van der Waals surface area contributed by atoms with E-state index in [2.05, 4.69) is 0 Å². The van der Waals surface area contributed by atoms with Crippen LogP contribution in [0, 0.1) is 0 Å². The van der Waals surface area contributed by atoms with Gasteiger partial charge >= 0.3 is 5.97 Å². The third-order valence-corrected chi connectivity index (χ3v) is 6.91. The summed E-state index contributed by atoms with van der Waals surface area (Å²) in [6.07, 6.45) is 0.725. The molecule has 2 aliphatic rings. The third-order valence-electron chi connectivity index (χ3n) is 5.92. The van der Waals surface area contributed by atoms with E-state index in [1.807, 2.05) is 72.1 Å². The average molecular weight is 374 g/mol. The zero-order valence-corrected chi connectivity index (χ0v) is 15.4. The number of ether oxygens (including phenoxy) is 1. The molecule has 2 aromatic carbocycles. The third kappa shape index (κ3) is 2.33. The van der Waals surface area contributed by atoms with Crippen LogP contribution in [0.25, 0.3) is 0 Å². The molecular weight excluding hydrogens is 356 g/mol. The van der Waals surface area contributed by atoms with Gasteiger partial charge in [0.2, 0.25) is 0 Å². The fraction of sp³-hybridized carbons (Fsp3) is 0.217. The summed E-state index contributed by atoms with van der Waals surface area (Å²) in [4.78, 5) is 27.3. The van der Waals surface area contributed by atoms with Gasteiger partial charge in [0.15, 0.2) is 0 Å². The van der Waals surface area contributed by atoms with Gasteiger partial charge in [0.05, 0.1) is 0 Å². The van der Waals surface area contributed by atoms with Gasteiger partial charge in [-0.2, -0.15) is 0 Å². The Hall–Kier alpha value is -2.72. The van der Waals surface area contributed by atoms with Crippen LogP contribution in [0.3, 0.4) is 0 Å². The summed E-state index contributed by atoms with van der Waals surface area (Å²) in [6.45, 7) is 0. The van der Waals surface area contributed by atoms with E-state index in [9.17, 15) is 9.59 Å². The van der Waals surface area contributed by atoms with E-state index in [-0.39, 0.29) is 23.6 Å². The molecule has 3 nitrogen and oxygen atoms in total. The molecule has 1 spiro atoms. The molecule has 3 atom stereocenters. The van der Waals surface area contributed by atoms with Gasteiger partial charge in [0.25, 0.3) is 0 Å². The number of hydrogen-bond acceptors (Lipinski definition) is 4. The Balaban J connectivity index is 1.80. The van der Waals surface area contributed by atoms with Crippen molar-refractivity contribution in [1.82, 2.24) is 0 Å². The van der Waals surface area contributed by atoms with Crippen LogP contribution < -0.4 is 4.74 Å². The maximum absolute atomic E-state index is 13.5. The van der Waals surface area contributed by atoms with Crippen LogP contribution >= 0.6 is 11.3 Å². The Morgan fingerprint density at radius 2 is 1.59 bits per heavy atom. The minimum atomic E-state index is -0.864. The first-order chi connectivity index (χ1) is 13.2. The molecule has 0 saturated heterocycles. The van der Waals surface area contributed by atoms with E-state index < -0.39 is 5.41 Å². The minimum absolute atomic E-state index is 0.199. The van der Waals surface area contributed by atoms with Crippen LogP contribution in [-0.4, -0.2) is 11.8 Å². The second kappa shape index (κ2) is 6.17.